The molecular weight excluding hydrogens is 338 g/mol. The monoisotopic (exact) mass is 361 g/mol. The SMILES string of the molecule is CN(Cc1cnc(N2CCOCC2)s1)C[C@H]1COc2ccccc2O1. The number of aromatic nitrogens is 1. The Labute approximate surface area is 151 Å². The molecule has 2 aliphatic heterocycles. The third-order valence-corrected chi connectivity index (χ3v) is 5.37. The van der Waals surface area contributed by atoms with Gasteiger partial charge in [-0.1, -0.05) is 12.1 Å². The first kappa shape index (κ1) is 16.6. The molecule has 6 nitrogen and oxygen atoms in total. The first-order valence-corrected chi connectivity index (χ1v) is 9.44. The molecule has 2 aliphatic rings. The molecule has 0 N–H and O–H groups in total. The zero-order valence-corrected chi connectivity index (χ0v) is 15.2. The third kappa shape index (κ3) is 4.05. The molecule has 7 heteroatoms. The Bertz CT molecular complexity index is 702. The van der Waals surface area contributed by atoms with Gasteiger partial charge in [0.1, 0.15) is 12.7 Å². The molecule has 0 amide bonds. The predicted octanol–water partition coefficient (Wildman–Crippen LogP) is 2.25. The normalized spacial score (nSPS) is 20.1. The molecule has 1 aromatic heterocycles. The highest BCUT2D eigenvalue weighted by molar-refractivity contribution is 7.15. The minimum absolute atomic E-state index is 0.0477. The molecule has 0 bridgehead atoms. The van der Waals surface area contributed by atoms with E-state index in [1.165, 1.54) is 4.88 Å². The summed E-state index contributed by atoms with van der Waals surface area (Å²) in [6.45, 7) is 5.70. The average Bonchev–Trinajstić information content (AvgIpc) is 3.10. The molecule has 1 fully saturated rings. The van der Waals surface area contributed by atoms with E-state index in [4.69, 9.17) is 14.2 Å². The molecule has 25 heavy (non-hydrogen) atoms. The van der Waals surface area contributed by atoms with E-state index >= 15 is 0 Å². The van der Waals surface area contributed by atoms with Gasteiger partial charge in [0.15, 0.2) is 16.6 Å². The summed E-state index contributed by atoms with van der Waals surface area (Å²) in [7, 11) is 2.11. The molecule has 2 aromatic rings. The molecule has 0 unspecified atom stereocenters. The van der Waals surface area contributed by atoms with Gasteiger partial charge in [0.25, 0.3) is 0 Å². The van der Waals surface area contributed by atoms with Crippen LogP contribution in [0.3, 0.4) is 0 Å². The van der Waals surface area contributed by atoms with Crippen molar-refractivity contribution in [2.24, 2.45) is 0 Å². The molecule has 4 rings (SSSR count). The van der Waals surface area contributed by atoms with Crippen LogP contribution >= 0.6 is 11.3 Å². The second-order valence-electron chi connectivity index (χ2n) is 6.40. The summed E-state index contributed by atoms with van der Waals surface area (Å²) in [6, 6.07) is 7.84. The van der Waals surface area contributed by atoms with Crippen LogP contribution in [0.4, 0.5) is 5.13 Å². The largest absolute Gasteiger partial charge is 0.486 e. The van der Waals surface area contributed by atoms with Gasteiger partial charge in [0, 0.05) is 37.3 Å². The van der Waals surface area contributed by atoms with Gasteiger partial charge in [-0.3, -0.25) is 4.90 Å². The molecular formula is C18H23N3O3S. The molecule has 3 heterocycles. The summed E-state index contributed by atoms with van der Waals surface area (Å²) in [4.78, 5) is 10.4. The first-order valence-electron chi connectivity index (χ1n) is 8.62. The lowest BCUT2D eigenvalue weighted by atomic mass is 10.2. The molecule has 1 aromatic carbocycles. The Balaban J connectivity index is 1.31. The van der Waals surface area contributed by atoms with E-state index in [9.17, 15) is 0 Å². The van der Waals surface area contributed by atoms with E-state index in [0.29, 0.717) is 6.61 Å². The fourth-order valence-corrected chi connectivity index (χ4v) is 4.14. The van der Waals surface area contributed by atoms with Crippen LogP contribution in [-0.4, -0.2) is 62.5 Å². The van der Waals surface area contributed by atoms with Gasteiger partial charge in [0.2, 0.25) is 0 Å². The number of ether oxygens (including phenoxy) is 3. The Kier molecular flexibility index (Phi) is 5.05. The summed E-state index contributed by atoms with van der Waals surface area (Å²) >= 11 is 1.76. The molecule has 0 radical (unpaired) electrons. The Morgan fingerprint density at radius 1 is 1.24 bits per heavy atom. The van der Waals surface area contributed by atoms with E-state index in [1.54, 1.807) is 11.3 Å². The summed E-state index contributed by atoms with van der Waals surface area (Å²) in [6.07, 6.45) is 2.03. The van der Waals surface area contributed by atoms with Crippen molar-refractivity contribution in [2.45, 2.75) is 12.6 Å². The van der Waals surface area contributed by atoms with Gasteiger partial charge in [-0.25, -0.2) is 4.98 Å². The third-order valence-electron chi connectivity index (χ3n) is 4.33. The number of likely N-dealkylation sites (N-methyl/N-ethyl adjacent to an activating group) is 1. The standard InChI is InChI=1S/C18H23N3O3S/c1-20(11-14-13-23-16-4-2-3-5-17(16)24-14)12-15-10-19-18(25-15)21-6-8-22-9-7-21/h2-5,10,14H,6-9,11-13H2,1H3/t14-/m0/s1. The van der Waals surface area contributed by atoms with Gasteiger partial charge in [0.05, 0.1) is 13.2 Å². The number of benzene rings is 1. The number of hydrogen-bond acceptors (Lipinski definition) is 7. The number of nitrogens with zero attached hydrogens (tertiary/aromatic N) is 3. The van der Waals surface area contributed by atoms with Crippen molar-refractivity contribution >= 4 is 16.5 Å². The van der Waals surface area contributed by atoms with Crippen LogP contribution in [-0.2, 0) is 11.3 Å². The van der Waals surface area contributed by atoms with Crippen LogP contribution in [0.1, 0.15) is 4.88 Å². The zero-order chi connectivity index (χ0) is 17.1. The van der Waals surface area contributed by atoms with E-state index in [2.05, 4.69) is 21.8 Å². The predicted molar refractivity (Wildman–Crippen MR) is 97.8 cm³/mol. The van der Waals surface area contributed by atoms with Gasteiger partial charge in [-0.2, -0.15) is 0 Å². The van der Waals surface area contributed by atoms with E-state index in [0.717, 1.165) is 56.0 Å². The number of para-hydroxylation sites is 2. The molecule has 0 aliphatic carbocycles. The van der Waals surface area contributed by atoms with Crippen LogP contribution in [0.5, 0.6) is 11.5 Å². The van der Waals surface area contributed by atoms with Crippen molar-refractivity contribution in [1.29, 1.82) is 0 Å². The fourth-order valence-electron chi connectivity index (χ4n) is 3.10. The van der Waals surface area contributed by atoms with E-state index in [1.807, 2.05) is 30.5 Å². The fraction of sp³-hybridized carbons (Fsp3) is 0.500. The number of rotatable bonds is 5. The summed E-state index contributed by atoms with van der Waals surface area (Å²) in [5.74, 6) is 1.67. The van der Waals surface area contributed by atoms with E-state index in [-0.39, 0.29) is 6.10 Å². The van der Waals surface area contributed by atoms with Crippen LogP contribution in [0.2, 0.25) is 0 Å². The maximum atomic E-state index is 6.04. The van der Waals surface area contributed by atoms with Crippen molar-refractivity contribution in [1.82, 2.24) is 9.88 Å². The quantitative estimate of drug-likeness (QED) is 0.814. The lowest BCUT2D eigenvalue weighted by Gasteiger charge is -2.29. The number of fused-ring (bicyclic) bond motifs is 1. The lowest BCUT2D eigenvalue weighted by Crippen LogP contribution is -2.39. The minimum atomic E-state index is 0.0477. The second-order valence-corrected chi connectivity index (χ2v) is 7.50. The van der Waals surface area contributed by atoms with Crippen molar-refractivity contribution in [3.8, 4) is 11.5 Å². The maximum Gasteiger partial charge on any atom is 0.185 e. The molecule has 0 spiro atoms. The highest BCUT2D eigenvalue weighted by atomic mass is 32.1. The highest BCUT2D eigenvalue weighted by Gasteiger charge is 2.22. The Hall–Kier alpha value is -1.83. The van der Waals surface area contributed by atoms with Crippen molar-refractivity contribution in [2.75, 3.05) is 51.4 Å². The topological polar surface area (TPSA) is 47.1 Å². The maximum absolute atomic E-state index is 6.04. The minimum Gasteiger partial charge on any atom is -0.486 e. The average molecular weight is 361 g/mol. The summed E-state index contributed by atoms with van der Waals surface area (Å²) in [5, 5.41) is 1.10. The Morgan fingerprint density at radius 3 is 2.88 bits per heavy atom. The molecule has 134 valence electrons. The lowest BCUT2D eigenvalue weighted by molar-refractivity contribution is 0.0640. The summed E-state index contributed by atoms with van der Waals surface area (Å²) < 4.78 is 17.2. The number of thiazole rings is 1. The summed E-state index contributed by atoms with van der Waals surface area (Å²) in [5.41, 5.74) is 0. The number of morpholine rings is 1. The van der Waals surface area contributed by atoms with Gasteiger partial charge < -0.3 is 19.1 Å². The van der Waals surface area contributed by atoms with E-state index < -0.39 is 0 Å². The van der Waals surface area contributed by atoms with Gasteiger partial charge in [-0.15, -0.1) is 11.3 Å². The number of hydrogen-bond donors (Lipinski definition) is 0. The van der Waals surface area contributed by atoms with Gasteiger partial charge in [-0.05, 0) is 19.2 Å². The smallest absolute Gasteiger partial charge is 0.185 e. The van der Waals surface area contributed by atoms with Crippen LogP contribution in [0, 0.1) is 0 Å². The molecule has 0 saturated carbocycles. The molecule has 1 saturated heterocycles. The van der Waals surface area contributed by atoms with Crippen molar-refractivity contribution in [3.05, 3.63) is 35.3 Å². The van der Waals surface area contributed by atoms with Crippen molar-refractivity contribution in [3.63, 3.8) is 0 Å². The Morgan fingerprint density at radius 2 is 2.04 bits per heavy atom. The van der Waals surface area contributed by atoms with Crippen LogP contribution < -0.4 is 14.4 Å². The zero-order valence-electron chi connectivity index (χ0n) is 14.4. The van der Waals surface area contributed by atoms with Crippen LogP contribution in [0.15, 0.2) is 30.5 Å². The van der Waals surface area contributed by atoms with Gasteiger partial charge >= 0.3 is 0 Å². The van der Waals surface area contributed by atoms with Crippen molar-refractivity contribution < 1.29 is 14.2 Å². The first-order chi connectivity index (χ1) is 12.3. The van der Waals surface area contributed by atoms with Crippen LogP contribution in [0.25, 0.3) is 0 Å². The highest BCUT2D eigenvalue weighted by Crippen LogP contribution is 2.31. The molecule has 1 atom stereocenters. The second kappa shape index (κ2) is 7.59. The number of anilines is 1.